The van der Waals surface area contributed by atoms with Gasteiger partial charge in [-0.25, -0.2) is 4.79 Å². The molecule has 4 nitrogen and oxygen atoms in total. The summed E-state index contributed by atoms with van der Waals surface area (Å²) < 4.78 is 8.85. The van der Waals surface area contributed by atoms with Crippen molar-refractivity contribution in [1.29, 1.82) is 0 Å². The van der Waals surface area contributed by atoms with Gasteiger partial charge in [-0.15, -0.1) is 11.6 Å². The summed E-state index contributed by atoms with van der Waals surface area (Å²) in [5.41, 5.74) is 0. The van der Waals surface area contributed by atoms with Crippen LogP contribution in [0.1, 0.15) is 6.92 Å². The van der Waals surface area contributed by atoms with Gasteiger partial charge in [-0.2, -0.15) is 0 Å². The summed E-state index contributed by atoms with van der Waals surface area (Å²) in [6.45, 7) is 1.75. The van der Waals surface area contributed by atoms with Gasteiger partial charge in [0, 0.05) is 0 Å². The fraction of sp³-hybridized carbons (Fsp3) is 0.667. The Morgan fingerprint density at radius 2 is 2.36 bits per heavy atom. The van der Waals surface area contributed by atoms with E-state index in [4.69, 9.17) is 11.6 Å². The summed E-state index contributed by atoms with van der Waals surface area (Å²) in [6.07, 6.45) is -0.851. The van der Waals surface area contributed by atoms with E-state index in [9.17, 15) is 9.59 Å². The van der Waals surface area contributed by atoms with Crippen molar-refractivity contribution in [3.05, 3.63) is 0 Å². The second kappa shape index (κ2) is 5.97. The summed E-state index contributed by atoms with van der Waals surface area (Å²) >= 11 is 5.24. The Morgan fingerprint density at radius 3 is 2.82 bits per heavy atom. The molecule has 0 fully saturated rings. The first-order valence-corrected chi connectivity index (χ1v) is 3.57. The molecule has 0 heterocycles. The van der Waals surface area contributed by atoms with Gasteiger partial charge in [0.15, 0.2) is 6.10 Å². The van der Waals surface area contributed by atoms with Crippen molar-refractivity contribution in [1.82, 2.24) is 0 Å². The van der Waals surface area contributed by atoms with Crippen molar-refractivity contribution in [3.8, 4) is 0 Å². The molecular formula is C6H9ClO4. The number of carbonyl (C=O) groups excluding carboxylic acids is 2. The lowest BCUT2D eigenvalue weighted by Gasteiger charge is -2.07. The molecule has 1 unspecified atom stereocenters. The van der Waals surface area contributed by atoms with E-state index in [0.29, 0.717) is 0 Å². The highest BCUT2D eigenvalue weighted by Gasteiger charge is 2.13. The van der Waals surface area contributed by atoms with E-state index in [1.54, 1.807) is 0 Å². The molecule has 0 radical (unpaired) electrons. The zero-order valence-electron chi connectivity index (χ0n) is 6.08. The van der Waals surface area contributed by atoms with Crippen molar-refractivity contribution < 1.29 is 19.1 Å². The Morgan fingerprint density at radius 1 is 1.73 bits per heavy atom. The van der Waals surface area contributed by atoms with E-state index in [1.165, 1.54) is 6.92 Å². The van der Waals surface area contributed by atoms with Gasteiger partial charge in [0.05, 0.1) is 5.88 Å². The molecule has 11 heavy (non-hydrogen) atoms. The van der Waals surface area contributed by atoms with Gasteiger partial charge in [-0.1, -0.05) is 0 Å². The molecule has 0 rings (SSSR count). The lowest BCUT2D eigenvalue weighted by Crippen LogP contribution is -2.23. The molecule has 0 spiro atoms. The summed E-state index contributed by atoms with van der Waals surface area (Å²) in [5, 5.41) is 0. The summed E-state index contributed by atoms with van der Waals surface area (Å²) in [5.74, 6) is -0.350. The molecule has 0 amide bonds. The Labute approximate surface area is 69.4 Å². The van der Waals surface area contributed by atoms with Crippen LogP contribution in [0.2, 0.25) is 0 Å². The third kappa shape index (κ3) is 4.61. The normalized spacial score (nSPS) is 11.8. The minimum atomic E-state index is -0.851. The van der Waals surface area contributed by atoms with Crippen molar-refractivity contribution >= 4 is 24.0 Å². The predicted octanol–water partition coefficient (Wildman–Crippen LogP) is 0.330. The Balaban J connectivity index is 3.54. The molecule has 0 saturated heterocycles. The fourth-order valence-corrected chi connectivity index (χ4v) is 0.473. The van der Waals surface area contributed by atoms with Crippen LogP contribution in [-0.4, -0.2) is 31.0 Å². The second-order valence-corrected chi connectivity index (χ2v) is 2.11. The lowest BCUT2D eigenvalue weighted by atomic mass is 10.4. The maximum atomic E-state index is 10.7. The maximum absolute atomic E-state index is 10.7. The molecule has 0 aromatic carbocycles. The second-order valence-electron chi connectivity index (χ2n) is 1.73. The topological polar surface area (TPSA) is 52.6 Å². The minimum Gasteiger partial charge on any atom is -0.462 e. The monoisotopic (exact) mass is 180 g/mol. The molecule has 0 aliphatic carbocycles. The third-order valence-electron chi connectivity index (χ3n) is 0.913. The van der Waals surface area contributed by atoms with Gasteiger partial charge in [0.2, 0.25) is 0 Å². The number of hydrogen-bond acceptors (Lipinski definition) is 4. The first kappa shape index (κ1) is 10.2. The van der Waals surface area contributed by atoms with Gasteiger partial charge < -0.3 is 9.47 Å². The fourth-order valence-electron chi connectivity index (χ4n) is 0.395. The van der Waals surface area contributed by atoms with E-state index in [-0.39, 0.29) is 19.0 Å². The average molecular weight is 181 g/mol. The van der Waals surface area contributed by atoms with Crippen LogP contribution in [0.3, 0.4) is 0 Å². The summed E-state index contributed by atoms with van der Waals surface area (Å²) in [4.78, 5) is 20.5. The van der Waals surface area contributed by atoms with Gasteiger partial charge >= 0.3 is 5.97 Å². The SMILES string of the molecule is CC(OC=O)C(=O)OCCCl. The molecule has 0 saturated carbocycles. The molecule has 0 aromatic rings. The zero-order valence-corrected chi connectivity index (χ0v) is 6.84. The standard InChI is InChI=1S/C6H9ClO4/c1-5(11-4-8)6(9)10-3-2-7/h4-5H,2-3H2,1H3. The van der Waals surface area contributed by atoms with Crippen LogP contribution < -0.4 is 0 Å². The van der Waals surface area contributed by atoms with E-state index >= 15 is 0 Å². The lowest BCUT2D eigenvalue weighted by molar-refractivity contribution is -0.159. The Kier molecular flexibility index (Phi) is 5.56. The zero-order chi connectivity index (χ0) is 8.69. The van der Waals surface area contributed by atoms with Gasteiger partial charge in [0.25, 0.3) is 6.47 Å². The molecule has 1 atom stereocenters. The van der Waals surface area contributed by atoms with Crippen LogP contribution in [0.4, 0.5) is 0 Å². The van der Waals surface area contributed by atoms with E-state index in [2.05, 4.69) is 9.47 Å². The van der Waals surface area contributed by atoms with Crippen LogP contribution in [0, 0.1) is 0 Å². The van der Waals surface area contributed by atoms with Gasteiger partial charge in [-0.05, 0) is 6.92 Å². The molecule has 0 aromatic heterocycles. The number of alkyl halides is 1. The van der Waals surface area contributed by atoms with Crippen LogP contribution in [0.15, 0.2) is 0 Å². The number of carbonyl (C=O) groups is 2. The Bertz CT molecular complexity index is 137. The first-order valence-electron chi connectivity index (χ1n) is 3.04. The van der Waals surface area contributed by atoms with Crippen molar-refractivity contribution in [2.75, 3.05) is 12.5 Å². The summed E-state index contributed by atoms with van der Waals surface area (Å²) in [7, 11) is 0. The quantitative estimate of drug-likeness (QED) is 0.348. The van der Waals surface area contributed by atoms with Crippen LogP contribution in [-0.2, 0) is 19.1 Å². The van der Waals surface area contributed by atoms with Crippen molar-refractivity contribution in [2.45, 2.75) is 13.0 Å². The average Bonchev–Trinajstić information content (AvgIpc) is 2.00. The maximum Gasteiger partial charge on any atom is 0.347 e. The molecule has 0 aliphatic heterocycles. The van der Waals surface area contributed by atoms with E-state index in [1.807, 2.05) is 0 Å². The summed E-state index contributed by atoms with van der Waals surface area (Å²) in [6, 6.07) is 0. The predicted molar refractivity (Wildman–Crippen MR) is 38.3 cm³/mol. The smallest absolute Gasteiger partial charge is 0.347 e. The number of esters is 1. The Hall–Kier alpha value is -0.770. The molecule has 0 bridgehead atoms. The number of halogens is 1. The van der Waals surface area contributed by atoms with Crippen LogP contribution in [0.25, 0.3) is 0 Å². The number of rotatable bonds is 5. The molecular weight excluding hydrogens is 172 g/mol. The van der Waals surface area contributed by atoms with Crippen LogP contribution in [0.5, 0.6) is 0 Å². The van der Waals surface area contributed by atoms with E-state index in [0.717, 1.165) is 0 Å². The highest BCUT2D eigenvalue weighted by Crippen LogP contribution is 1.92. The third-order valence-corrected chi connectivity index (χ3v) is 1.07. The highest BCUT2D eigenvalue weighted by atomic mass is 35.5. The minimum absolute atomic E-state index is 0.132. The number of hydrogen-bond donors (Lipinski definition) is 0. The largest absolute Gasteiger partial charge is 0.462 e. The van der Waals surface area contributed by atoms with Crippen LogP contribution >= 0.6 is 11.6 Å². The first-order chi connectivity index (χ1) is 5.22. The number of ether oxygens (including phenoxy) is 2. The molecule has 0 N–H and O–H groups in total. The highest BCUT2D eigenvalue weighted by molar-refractivity contribution is 6.18. The molecule has 5 heteroatoms. The molecule has 64 valence electrons. The van der Waals surface area contributed by atoms with E-state index < -0.39 is 12.1 Å². The molecule has 0 aliphatic rings. The van der Waals surface area contributed by atoms with Gasteiger partial charge in [-0.3, -0.25) is 4.79 Å². The van der Waals surface area contributed by atoms with Gasteiger partial charge in [0.1, 0.15) is 6.61 Å². The van der Waals surface area contributed by atoms with Crippen molar-refractivity contribution in [2.24, 2.45) is 0 Å². The van der Waals surface area contributed by atoms with Crippen molar-refractivity contribution in [3.63, 3.8) is 0 Å².